The van der Waals surface area contributed by atoms with Crippen molar-refractivity contribution in [2.75, 3.05) is 44.4 Å². The van der Waals surface area contributed by atoms with Crippen molar-refractivity contribution in [2.24, 2.45) is 0 Å². The number of morpholine rings is 1. The molecule has 1 fully saturated rings. The van der Waals surface area contributed by atoms with Gasteiger partial charge in [-0.05, 0) is 12.8 Å². The van der Waals surface area contributed by atoms with Crippen molar-refractivity contribution in [3.05, 3.63) is 17.1 Å². The lowest BCUT2D eigenvalue weighted by Crippen LogP contribution is -2.36. The van der Waals surface area contributed by atoms with Crippen LogP contribution in [0.15, 0.2) is 12.1 Å². The SMILES string of the molecule is CCCCOc1cc(N2CCOCC2)c(OCCCC)cc1[N+]#N.O=S(=O)([O-])C(F)(F)F. The third-order valence-corrected chi connectivity index (χ3v) is 4.86. The lowest BCUT2D eigenvalue weighted by atomic mass is 10.2. The number of rotatable bonds is 9. The fraction of sp³-hybridized carbons (Fsp3) is 0.684. The molecule has 0 aliphatic carbocycles. The summed E-state index contributed by atoms with van der Waals surface area (Å²) >= 11 is 0. The monoisotopic (exact) mass is 483 g/mol. The summed E-state index contributed by atoms with van der Waals surface area (Å²) in [6.07, 6.45) is 4.08. The molecule has 13 heteroatoms. The second-order valence-electron chi connectivity index (χ2n) is 6.79. The molecule has 9 nitrogen and oxygen atoms in total. The van der Waals surface area contributed by atoms with E-state index in [1.807, 2.05) is 6.07 Å². The Hall–Kier alpha value is -2.30. The molecule has 0 radical (unpaired) electrons. The van der Waals surface area contributed by atoms with Crippen LogP contribution in [-0.2, 0) is 14.9 Å². The summed E-state index contributed by atoms with van der Waals surface area (Å²) in [5.74, 6) is 1.33. The van der Waals surface area contributed by atoms with Gasteiger partial charge in [0.2, 0.25) is 11.1 Å². The van der Waals surface area contributed by atoms with Gasteiger partial charge in [0, 0.05) is 19.2 Å². The molecule has 1 heterocycles. The Morgan fingerprint density at radius 1 is 1.09 bits per heavy atom. The molecule has 1 saturated heterocycles. The first-order valence-electron chi connectivity index (χ1n) is 10.2. The van der Waals surface area contributed by atoms with Crippen molar-refractivity contribution in [3.63, 3.8) is 0 Å². The van der Waals surface area contributed by atoms with Crippen LogP contribution in [0.25, 0.3) is 4.98 Å². The van der Waals surface area contributed by atoms with Crippen LogP contribution in [0.4, 0.5) is 24.5 Å². The number of nitrogens with zero attached hydrogens (tertiary/aromatic N) is 3. The van der Waals surface area contributed by atoms with E-state index in [0.717, 1.165) is 50.2 Å². The minimum atomic E-state index is -6.09. The summed E-state index contributed by atoms with van der Waals surface area (Å²) in [6.45, 7) is 8.53. The first kappa shape index (κ1) is 27.7. The first-order chi connectivity index (χ1) is 15.0. The summed E-state index contributed by atoms with van der Waals surface area (Å²) in [7, 11) is -6.09. The van der Waals surface area contributed by atoms with Gasteiger partial charge in [-0.3, -0.25) is 0 Å². The van der Waals surface area contributed by atoms with Crippen LogP contribution in [0.3, 0.4) is 0 Å². The number of benzene rings is 1. The molecule has 32 heavy (non-hydrogen) atoms. The Labute approximate surface area is 185 Å². The number of alkyl halides is 3. The van der Waals surface area contributed by atoms with Crippen molar-refractivity contribution in [2.45, 2.75) is 45.0 Å². The molecule has 0 unspecified atom stereocenters. The Morgan fingerprint density at radius 3 is 2.03 bits per heavy atom. The smallest absolute Gasteiger partial charge is 0.485 e. The van der Waals surface area contributed by atoms with Crippen molar-refractivity contribution in [1.82, 2.24) is 0 Å². The number of hydrogen-bond donors (Lipinski definition) is 0. The highest BCUT2D eigenvalue weighted by molar-refractivity contribution is 7.86. The minimum Gasteiger partial charge on any atom is -0.741 e. The predicted molar refractivity (Wildman–Crippen MR) is 111 cm³/mol. The lowest BCUT2D eigenvalue weighted by molar-refractivity contribution is -0.0517. The van der Waals surface area contributed by atoms with Gasteiger partial charge in [-0.15, -0.1) is 0 Å². The van der Waals surface area contributed by atoms with Gasteiger partial charge < -0.3 is 23.7 Å². The molecule has 0 N–H and O–H groups in total. The van der Waals surface area contributed by atoms with E-state index >= 15 is 0 Å². The van der Waals surface area contributed by atoms with Gasteiger partial charge in [0.05, 0.1) is 38.2 Å². The second kappa shape index (κ2) is 13.3. The van der Waals surface area contributed by atoms with Crippen LogP contribution in [-0.4, -0.2) is 58.0 Å². The maximum Gasteiger partial charge on any atom is 0.485 e. The van der Waals surface area contributed by atoms with Gasteiger partial charge >= 0.3 is 11.2 Å². The summed E-state index contributed by atoms with van der Waals surface area (Å²) < 4.78 is 76.1. The molecule has 1 aliphatic heterocycles. The maximum absolute atomic E-state index is 10.7. The molecule has 0 atom stereocenters. The zero-order valence-electron chi connectivity index (χ0n) is 18.1. The van der Waals surface area contributed by atoms with Crippen molar-refractivity contribution < 1.29 is 40.4 Å². The maximum atomic E-state index is 10.7. The molecule has 0 bridgehead atoms. The molecular weight excluding hydrogens is 455 g/mol. The molecule has 0 spiro atoms. The fourth-order valence-electron chi connectivity index (χ4n) is 2.55. The molecule has 1 aromatic carbocycles. The number of ether oxygens (including phenoxy) is 3. The summed E-state index contributed by atoms with van der Waals surface area (Å²) in [5, 5.41) is 9.33. The largest absolute Gasteiger partial charge is 0.741 e. The lowest BCUT2D eigenvalue weighted by Gasteiger charge is -2.30. The van der Waals surface area contributed by atoms with Crippen LogP contribution in [0.1, 0.15) is 39.5 Å². The molecule has 1 aromatic rings. The average Bonchev–Trinajstić information content (AvgIpc) is 2.74. The van der Waals surface area contributed by atoms with Crippen molar-refractivity contribution in [1.29, 1.82) is 5.39 Å². The summed E-state index contributed by atoms with van der Waals surface area (Å²) in [5.41, 5.74) is -4.25. The average molecular weight is 484 g/mol. The van der Waals surface area contributed by atoms with E-state index in [9.17, 15) is 18.6 Å². The van der Waals surface area contributed by atoms with Gasteiger partial charge in [-0.25, -0.2) is 8.42 Å². The van der Waals surface area contributed by atoms with Gasteiger partial charge in [0.25, 0.3) is 0 Å². The molecule has 2 rings (SSSR count). The number of halogens is 3. The normalized spacial score (nSPS) is 14.2. The fourth-order valence-corrected chi connectivity index (χ4v) is 2.55. The minimum absolute atomic E-state index is 0.412. The summed E-state index contributed by atoms with van der Waals surface area (Å²) in [6, 6.07) is 3.69. The standard InChI is InChI=1S/C18H28N3O3.CHF3O3S/c1-3-5-9-23-17-14-16(21-7-11-22-12-8-21)18(13-15(17)20-19)24-10-6-4-2;2-1(3,4)8(5,6)7/h13-14H,3-12H2,1-2H3;(H,5,6,7)/q+1;/p-1. The van der Waals surface area contributed by atoms with E-state index in [4.69, 9.17) is 27.2 Å². The zero-order chi connectivity index (χ0) is 24.2. The van der Waals surface area contributed by atoms with E-state index in [1.54, 1.807) is 6.07 Å². The molecular formula is C19H28F3N3O6S. The number of unbranched alkanes of at least 4 members (excludes halogenated alkanes) is 2. The first-order valence-corrected chi connectivity index (χ1v) is 11.6. The van der Waals surface area contributed by atoms with Crippen LogP contribution in [0.5, 0.6) is 11.5 Å². The van der Waals surface area contributed by atoms with E-state index in [2.05, 4.69) is 23.7 Å². The third kappa shape index (κ3) is 9.05. The molecule has 182 valence electrons. The van der Waals surface area contributed by atoms with Crippen LogP contribution >= 0.6 is 0 Å². The number of diazo groups is 1. The van der Waals surface area contributed by atoms with Crippen LogP contribution in [0, 0.1) is 5.39 Å². The van der Waals surface area contributed by atoms with E-state index in [-0.39, 0.29) is 0 Å². The Kier molecular flexibility index (Phi) is 11.5. The van der Waals surface area contributed by atoms with Gasteiger partial charge in [-0.2, -0.15) is 13.2 Å². The number of hydrogen-bond acceptors (Lipinski definition) is 8. The highest BCUT2D eigenvalue weighted by Gasteiger charge is 2.37. The van der Waals surface area contributed by atoms with Crippen molar-refractivity contribution >= 4 is 21.5 Å². The van der Waals surface area contributed by atoms with Crippen LogP contribution in [0.2, 0.25) is 0 Å². The highest BCUT2D eigenvalue weighted by atomic mass is 32.2. The van der Waals surface area contributed by atoms with Gasteiger partial charge in [0.1, 0.15) is 0 Å². The van der Waals surface area contributed by atoms with E-state index in [0.29, 0.717) is 37.9 Å². The molecule has 0 aromatic heterocycles. The quantitative estimate of drug-likeness (QED) is 0.219. The molecule has 1 aliphatic rings. The highest BCUT2D eigenvalue weighted by Crippen LogP contribution is 2.40. The Balaban J connectivity index is 0.000000547. The summed E-state index contributed by atoms with van der Waals surface area (Å²) in [4.78, 5) is 5.61. The van der Waals surface area contributed by atoms with Crippen LogP contribution < -0.4 is 14.4 Å². The van der Waals surface area contributed by atoms with Crippen molar-refractivity contribution in [3.8, 4) is 11.5 Å². The molecule has 0 saturated carbocycles. The van der Waals surface area contributed by atoms with Gasteiger partial charge in [0.15, 0.2) is 20.8 Å². The Morgan fingerprint density at radius 2 is 1.59 bits per heavy atom. The zero-order valence-corrected chi connectivity index (χ0v) is 18.9. The molecule has 0 amide bonds. The van der Waals surface area contributed by atoms with E-state index < -0.39 is 15.6 Å². The topological polar surface area (TPSA) is 116 Å². The van der Waals surface area contributed by atoms with Gasteiger partial charge in [-0.1, -0.05) is 26.7 Å². The number of anilines is 1. The van der Waals surface area contributed by atoms with E-state index in [1.165, 1.54) is 0 Å². The Bertz CT molecular complexity index is 853. The third-order valence-electron chi connectivity index (χ3n) is 4.29. The second-order valence-corrected chi connectivity index (χ2v) is 8.16. The predicted octanol–water partition coefficient (Wildman–Crippen LogP) is 4.42.